The number of β-amino-alcohol motifs (C(OH)–C–C–N with tert-alkyl or cyclic N) is 1. The molecule has 36 heavy (non-hydrogen) atoms. The van der Waals surface area contributed by atoms with Gasteiger partial charge in [-0.15, -0.1) is 0 Å². The van der Waals surface area contributed by atoms with Crippen LogP contribution in [0.15, 0.2) is 41.4 Å². The van der Waals surface area contributed by atoms with Crippen LogP contribution in [0.1, 0.15) is 62.8 Å². The molecule has 0 radical (unpaired) electrons. The molecule has 3 aliphatic carbocycles. The fourth-order valence-corrected chi connectivity index (χ4v) is 6.66. The summed E-state index contributed by atoms with van der Waals surface area (Å²) in [7, 11) is -4.20. The average molecular weight is 532 g/mol. The third-order valence-electron chi connectivity index (χ3n) is 8.24. The summed E-state index contributed by atoms with van der Waals surface area (Å²) in [5.41, 5.74) is 0.373. The molecule has 1 aromatic carbocycles. The van der Waals surface area contributed by atoms with Crippen molar-refractivity contribution in [3.05, 3.63) is 47.0 Å². The minimum atomic E-state index is -4.20. The summed E-state index contributed by atoms with van der Waals surface area (Å²) in [5.74, 6) is 0.663. The van der Waals surface area contributed by atoms with E-state index in [1.807, 2.05) is 12.1 Å². The van der Waals surface area contributed by atoms with Gasteiger partial charge in [0, 0.05) is 31.0 Å². The van der Waals surface area contributed by atoms with Crippen molar-refractivity contribution in [1.82, 2.24) is 9.71 Å². The number of halogens is 1. The lowest BCUT2D eigenvalue weighted by atomic mass is 9.76. The van der Waals surface area contributed by atoms with Crippen molar-refractivity contribution in [3.8, 4) is 5.75 Å². The van der Waals surface area contributed by atoms with Crippen LogP contribution >= 0.6 is 11.6 Å². The second-order valence-electron chi connectivity index (χ2n) is 10.9. The number of sulfonamides is 1. The molecule has 6 rings (SSSR count). The van der Waals surface area contributed by atoms with Crippen LogP contribution in [0, 0.1) is 5.41 Å². The van der Waals surface area contributed by atoms with Crippen molar-refractivity contribution in [2.45, 2.75) is 74.0 Å². The quantitative estimate of drug-likeness (QED) is 0.559. The lowest BCUT2D eigenvalue weighted by molar-refractivity contribution is -0.128. The fourth-order valence-electron chi connectivity index (χ4n) is 5.49. The largest absolute Gasteiger partial charge is 0.477 e. The number of aliphatic hydroxyl groups is 1. The number of carbonyl (C=O) groups excluding carboxylic acids is 1. The number of carbonyl (C=O) groups is 1. The number of aromatic nitrogens is 1. The van der Waals surface area contributed by atoms with E-state index in [-0.39, 0.29) is 5.03 Å². The van der Waals surface area contributed by atoms with E-state index in [0.29, 0.717) is 53.9 Å². The van der Waals surface area contributed by atoms with E-state index in [4.69, 9.17) is 16.3 Å². The number of rotatable bonds is 7. The van der Waals surface area contributed by atoms with E-state index in [1.165, 1.54) is 31.7 Å². The molecule has 8 nitrogen and oxygen atoms in total. The smallest absolute Gasteiger partial charge is 0.281 e. The van der Waals surface area contributed by atoms with Crippen molar-refractivity contribution in [2.75, 3.05) is 18.0 Å². The Balaban J connectivity index is 1.18. The molecule has 2 N–H and O–H groups in total. The van der Waals surface area contributed by atoms with Gasteiger partial charge in [0.1, 0.15) is 11.6 Å². The zero-order chi connectivity index (χ0) is 25.1. The maximum absolute atomic E-state index is 13.2. The average Bonchev–Trinajstić information content (AvgIpc) is 3.76. The zero-order valence-corrected chi connectivity index (χ0v) is 21.5. The first-order chi connectivity index (χ1) is 17.2. The third-order valence-corrected chi connectivity index (χ3v) is 9.71. The summed E-state index contributed by atoms with van der Waals surface area (Å²) in [6, 6.07) is 10.2. The number of nitrogens with zero attached hydrogens (tertiary/aromatic N) is 2. The van der Waals surface area contributed by atoms with Crippen molar-refractivity contribution in [2.24, 2.45) is 5.41 Å². The molecule has 2 heterocycles. The molecule has 0 bridgehead atoms. The molecular formula is C26H30ClN3O5S. The van der Waals surface area contributed by atoms with Crippen LogP contribution in [0.25, 0.3) is 0 Å². The Bertz CT molecular complexity index is 1290. The maximum atomic E-state index is 13.2. The number of hydrogen-bond acceptors (Lipinski definition) is 7. The van der Waals surface area contributed by atoms with Crippen LogP contribution in [0.4, 0.5) is 5.82 Å². The Hall–Kier alpha value is -2.36. The predicted octanol–water partition coefficient (Wildman–Crippen LogP) is 3.77. The Labute approximate surface area is 216 Å². The van der Waals surface area contributed by atoms with Gasteiger partial charge in [0.2, 0.25) is 0 Å². The number of nitrogens with one attached hydrogen (secondary N) is 1. The summed E-state index contributed by atoms with van der Waals surface area (Å²) in [6.07, 6.45) is 7.67. The van der Waals surface area contributed by atoms with Gasteiger partial charge in [0.15, 0.2) is 10.6 Å². The van der Waals surface area contributed by atoms with Crippen molar-refractivity contribution >= 4 is 33.3 Å². The fraction of sp³-hybridized carbons (Fsp3) is 0.538. The van der Waals surface area contributed by atoms with Crippen LogP contribution in [-0.2, 0) is 14.8 Å². The molecule has 192 valence electrons. The highest BCUT2D eigenvalue weighted by Gasteiger charge is 2.55. The van der Waals surface area contributed by atoms with Gasteiger partial charge in [-0.1, -0.05) is 23.7 Å². The molecule has 2 aromatic rings. The highest BCUT2D eigenvalue weighted by molar-refractivity contribution is 7.90. The monoisotopic (exact) mass is 531 g/mol. The topological polar surface area (TPSA) is 109 Å². The number of anilines is 1. The van der Waals surface area contributed by atoms with Gasteiger partial charge in [0.25, 0.3) is 15.9 Å². The molecule has 1 amide bonds. The van der Waals surface area contributed by atoms with Gasteiger partial charge in [-0.05, 0) is 79.7 Å². The number of amides is 1. The van der Waals surface area contributed by atoms with Crippen LogP contribution in [-0.4, -0.2) is 49.2 Å². The minimum absolute atomic E-state index is 0.245. The Morgan fingerprint density at radius 1 is 1.08 bits per heavy atom. The second-order valence-corrected chi connectivity index (χ2v) is 12.9. The summed E-state index contributed by atoms with van der Waals surface area (Å²) < 4.78 is 34.5. The molecule has 4 aliphatic rings. The van der Waals surface area contributed by atoms with Gasteiger partial charge in [-0.25, -0.2) is 9.71 Å². The minimum Gasteiger partial charge on any atom is -0.477 e. The molecule has 10 heteroatoms. The van der Waals surface area contributed by atoms with Gasteiger partial charge >= 0.3 is 0 Å². The van der Waals surface area contributed by atoms with Crippen molar-refractivity contribution in [3.63, 3.8) is 0 Å². The van der Waals surface area contributed by atoms with E-state index < -0.39 is 27.6 Å². The van der Waals surface area contributed by atoms with E-state index in [1.54, 1.807) is 23.1 Å². The first-order valence-corrected chi connectivity index (χ1v) is 14.5. The number of aliphatic hydroxyl groups excluding tert-OH is 1. The standard InChI is InChI=1S/C26H30ClN3O5S/c27-18-4-5-20(17-6-8-25(9-7-17)10-11-25)21(14-18)35-26(12-13-26)24(32)29-36(33,34)23-3-1-2-22(28-23)30-15-19(31)16-30/h1-5,14,17,19,31H,6-13,15-16H2,(H,29,32). The number of ether oxygens (including phenoxy) is 1. The molecular weight excluding hydrogens is 502 g/mol. The Kier molecular flexibility index (Phi) is 5.73. The summed E-state index contributed by atoms with van der Waals surface area (Å²) >= 11 is 6.29. The predicted molar refractivity (Wildman–Crippen MR) is 135 cm³/mol. The van der Waals surface area contributed by atoms with Gasteiger partial charge in [-0.3, -0.25) is 4.79 Å². The van der Waals surface area contributed by atoms with Crippen LogP contribution < -0.4 is 14.4 Å². The normalized spacial score (nSPS) is 22.7. The first-order valence-electron chi connectivity index (χ1n) is 12.6. The molecule has 3 saturated carbocycles. The van der Waals surface area contributed by atoms with E-state index >= 15 is 0 Å². The van der Waals surface area contributed by atoms with Crippen LogP contribution in [0.5, 0.6) is 5.75 Å². The lowest BCUT2D eigenvalue weighted by Crippen LogP contribution is -2.51. The van der Waals surface area contributed by atoms with Crippen LogP contribution in [0.2, 0.25) is 5.02 Å². The number of benzene rings is 1. The SMILES string of the molecule is O=C(NS(=O)(=O)c1cccc(N2CC(O)C2)n1)C1(Oc2cc(Cl)ccc2C2CCC3(CC2)CC3)CC1. The van der Waals surface area contributed by atoms with E-state index in [9.17, 15) is 18.3 Å². The summed E-state index contributed by atoms with van der Waals surface area (Å²) in [6.45, 7) is 0.785. The Morgan fingerprint density at radius 2 is 1.81 bits per heavy atom. The highest BCUT2D eigenvalue weighted by Crippen LogP contribution is 2.59. The first kappa shape index (κ1) is 24.0. The zero-order valence-electron chi connectivity index (χ0n) is 20.0. The summed E-state index contributed by atoms with van der Waals surface area (Å²) in [5, 5.41) is 9.80. The lowest BCUT2D eigenvalue weighted by Gasteiger charge is -2.36. The number of pyridine rings is 1. The highest BCUT2D eigenvalue weighted by atomic mass is 35.5. The Morgan fingerprint density at radius 3 is 2.44 bits per heavy atom. The molecule has 1 spiro atoms. The third kappa shape index (κ3) is 4.57. The van der Waals surface area contributed by atoms with Gasteiger partial charge < -0.3 is 14.7 Å². The van der Waals surface area contributed by atoms with Gasteiger partial charge in [-0.2, -0.15) is 8.42 Å². The molecule has 1 aromatic heterocycles. The van der Waals surface area contributed by atoms with E-state index in [0.717, 1.165) is 18.4 Å². The summed E-state index contributed by atoms with van der Waals surface area (Å²) in [4.78, 5) is 19.2. The van der Waals surface area contributed by atoms with E-state index in [2.05, 4.69) is 9.71 Å². The van der Waals surface area contributed by atoms with Crippen LogP contribution in [0.3, 0.4) is 0 Å². The molecule has 0 atom stereocenters. The van der Waals surface area contributed by atoms with Crippen molar-refractivity contribution < 1.29 is 23.1 Å². The maximum Gasteiger partial charge on any atom is 0.281 e. The van der Waals surface area contributed by atoms with Gasteiger partial charge in [0.05, 0.1) is 6.10 Å². The second kappa shape index (κ2) is 8.60. The van der Waals surface area contributed by atoms with Crippen molar-refractivity contribution in [1.29, 1.82) is 0 Å². The molecule has 0 unspecified atom stereocenters. The molecule has 4 fully saturated rings. The number of hydrogen-bond donors (Lipinski definition) is 2. The molecule has 1 saturated heterocycles. The molecule has 1 aliphatic heterocycles.